The Balaban J connectivity index is 2.93. The lowest BCUT2D eigenvalue weighted by Crippen LogP contribution is -2.27. The van der Waals surface area contributed by atoms with Gasteiger partial charge in [0.2, 0.25) is 9.05 Å². The van der Waals surface area contributed by atoms with Gasteiger partial charge in [-0.3, -0.25) is 0 Å². The van der Waals surface area contributed by atoms with Gasteiger partial charge in [0.25, 0.3) is 0 Å². The first-order valence-electron chi connectivity index (χ1n) is 3.15. The smallest absolute Gasteiger partial charge is 0.212 e. The molecule has 1 saturated carbocycles. The van der Waals surface area contributed by atoms with Crippen LogP contribution in [0.15, 0.2) is 12.7 Å². The van der Waals surface area contributed by atoms with Crippen LogP contribution in [-0.4, -0.2) is 17.1 Å². The van der Waals surface area contributed by atoms with Crippen LogP contribution < -0.4 is 0 Å². The van der Waals surface area contributed by atoms with Gasteiger partial charge >= 0.3 is 0 Å². The average molecular weight is 307 g/mol. The largest absolute Gasteiger partial charge is 0.239 e. The van der Waals surface area contributed by atoms with Crippen molar-refractivity contribution in [1.29, 1.82) is 0 Å². The minimum atomic E-state index is -3.41. The number of allylic oxidation sites excluding steroid dienone is 1. The number of alkyl halides is 1. The summed E-state index contributed by atoms with van der Waals surface area (Å²) in [5.74, 6) is 0. The summed E-state index contributed by atoms with van der Waals surface area (Å²) in [6.45, 7) is 3.55. The molecule has 0 amide bonds. The SMILES string of the molecule is C=CC(I)C1(S(=O)(=O)Cl)CC1. The molecule has 64 valence electrons. The van der Waals surface area contributed by atoms with Gasteiger partial charge in [-0.15, -0.1) is 6.58 Å². The maximum absolute atomic E-state index is 11.0. The molecule has 0 aromatic carbocycles. The van der Waals surface area contributed by atoms with Crippen molar-refractivity contribution in [3.05, 3.63) is 12.7 Å². The van der Waals surface area contributed by atoms with Crippen LogP contribution in [0, 0.1) is 0 Å². The lowest BCUT2D eigenvalue weighted by Gasteiger charge is -2.13. The fourth-order valence-electron chi connectivity index (χ4n) is 0.992. The third-order valence-corrected chi connectivity index (χ3v) is 6.62. The van der Waals surface area contributed by atoms with E-state index in [1.54, 1.807) is 6.08 Å². The summed E-state index contributed by atoms with van der Waals surface area (Å²) >= 11 is 2.05. The Kier molecular flexibility index (Phi) is 2.57. The second-order valence-corrected chi connectivity index (χ2v) is 6.89. The van der Waals surface area contributed by atoms with Crippen LogP contribution in [-0.2, 0) is 9.05 Å². The zero-order valence-corrected chi connectivity index (χ0v) is 9.49. The predicted octanol–water partition coefficient (Wildman–Crippen LogP) is 2.08. The molecule has 0 saturated heterocycles. The molecule has 0 heterocycles. The minimum absolute atomic E-state index is 0.0670. The van der Waals surface area contributed by atoms with Crippen LogP contribution in [0.1, 0.15) is 12.8 Å². The average Bonchev–Trinajstić information content (AvgIpc) is 2.63. The Morgan fingerprint density at radius 3 is 2.18 bits per heavy atom. The molecule has 5 heteroatoms. The van der Waals surface area contributed by atoms with Gasteiger partial charge in [-0.05, 0) is 12.8 Å². The van der Waals surface area contributed by atoms with Gasteiger partial charge in [-0.1, -0.05) is 28.7 Å². The highest BCUT2D eigenvalue weighted by molar-refractivity contribution is 14.1. The number of hydrogen-bond acceptors (Lipinski definition) is 2. The van der Waals surface area contributed by atoms with E-state index in [4.69, 9.17) is 10.7 Å². The van der Waals surface area contributed by atoms with Crippen molar-refractivity contribution >= 4 is 42.3 Å². The van der Waals surface area contributed by atoms with Crippen molar-refractivity contribution in [3.8, 4) is 0 Å². The molecule has 1 atom stereocenters. The monoisotopic (exact) mass is 306 g/mol. The van der Waals surface area contributed by atoms with Gasteiger partial charge in [0.15, 0.2) is 0 Å². The van der Waals surface area contributed by atoms with Gasteiger partial charge in [0, 0.05) is 14.6 Å². The molecule has 1 fully saturated rings. The molecule has 1 aliphatic rings. The Morgan fingerprint density at radius 1 is 1.64 bits per heavy atom. The Hall–Kier alpha value is 0.710. The Bertz CT molecular complexity index is 268. The molecule has 0 aromatic heterocycles. The minimum Gasteiger partial charge on any atom is -0.212 e. The molecule has 0 spiro atoms. The topological polar surface area (TPSA) is 34.1 Å². The summed E-state index contributed by atoms with van der Waals surface area (Å²) in [4.78, 5) is 0. The fourth-order valence-corrected chi connectivity index (χ4v) is 4.78. The maximum Gasteiger partial charge on any atom is 0.239 e. The summed E-state index contributed by atoms with van der Waals surface area (Å²) in [7, 11) is 1.87. The normalized spacial score (nSPS) is 24.2. The second kappa shape index (κ2) is 2.88. The van der Waals surface area contributed by atoms with Gasteiger partial charge in [-0.2, -0.15) is 0 Å². The number of halogens is 2. The van der Waals surface area contributed by atoms with E-state index >= 15 is 0 Å². The molecule has 1 unspecified atom stereocenters. The van der Waals surface area contributed by atoms with Crippen molar-refractivity contribution in [2.24, 2.45) is 0 Å². The number of rotatable bonds is 3. The standard InChI is InChI=1S/C6H8ClIO2S/c1-2-5(8)6(3-4-6)11(7,9)10/h2,5H,1,3-4H2. The van der Waals surface area contributed by atoms with Crippen LogP contribution in [0.3, 0.4) is 0 Å². The van der Waals surface area contributed by atoms with Crippen molar-refractivity contribution in [3.63, 3.8) is 0 Å². The predicted molar refractivity (Wildman–Crippen MR) is 54.7 cm³/mol. The summed E-state index contributed by atoms with van der Waals surface area (Å²) in [6, 6.07) is 0. The van der Waals surface area contributed by atoms with E-state index in [1.165, 1.54) is 0 Å². The van der Waals surface area contributed by atoms with Crippen molar-refractivity contribution < 1.29 is 8.42 Å². The molecule has 0 radical (unpaired) electrons. The highest BCUT2D eigenvalue weighted by Crippen LogP contribution is 2.51. The quantitative estimate of drug-likeness (QED) is 0.346. The first kappa shape index (κ1) is 9.80. The molecular formula is C6H8ClIO2S. The highest BCUT2D eigenvalue weighted by atomic mass is 127. The second-order valence-electron chi connectivity index (χ2n) is 2.64. The van der Waals surface area contributed by atoms with E-state index < -0.39 is 13.8 Å². The molecule has 0 N–H and O–H groups in total. The van der Waals surface area contributed by atoms with E-state index in [0.717, 1.165) is 0 Å². The first-order valence-corrected chi connectivity index (χ1v) is 6.70. The highest BCUT2D eigenvalue weighted by Gasteiger charge is 2.57. The third-order valence-electron chi connectivity index (χ3n) is 1.94. The van der Waals surface area contributed by atoms with Crippen LogP contribution in [0.2, 0.25) is 0 Å². The van der Waals surface area contributed by atoms with E-state index in [1.807, 2.05) is 0 Å². The zero-order chi connectivity index (χ0) is 8.70. The molecule has 1 rings (SSSR count). The van der Waals surface area contributed by atoms with Crippen LogP contribution in [0.25, 0.3) is 0 Å². The zero-order valence-electron chi connectivity index (χ0n) is 5.76. The maximum atomic E-state index is 11.0. The molecule has 0 aromatic rings. The van der Waals surface area contributed by atoms with Crippen molar-refractivity contribution in [2.75, 3.05) is 0 Å². The lowest BCUT2D eigenvalue weighted by molar-refractivity contribution is 0.594. The van der Waals surface area contributed by atoms with Gasteiger partial charge in [0.1, 0.15) is 4.75 Å². The van der Waals surface area contributed by atoms with E-state index in [0.29, 0.717) is 12.8 Å². The van der Waals surface area contributed by atoms with Crippen LogP contribution in [0.4, 0.5) is 0 Å². The van der Waals surface area contributed by atoms with Gasteiger partial charge in [-0.25, -0.2) is 8.42 Å². The van der Waals surface area contributed by atoms with Gasteiger partial charge in [0.05, 0.1) is 0 Å². The molecule has 0 bridgehead atoms. The summed E-state index contributed by atoms with van der Waals surface area (Å²) in [6.07, 6.45) is 2.96. The lowest BCUT2D eigenvalue weighted by atomic mass is 10.3. The van der Waals surface area contributed by atoms with Crippen LogP contribution >= 0.6 is 33.3 Å². The van der Waals surface area contributed by atoms with E-state index in [2.05, 4.69) is 29.2 Å². The fraction of sp³-hybridized carbons (Fsp3) is 0.667. The number of hydrogen-bond donors (Lipinski definition) is 0. The van der Waals surface area contributed by atoms with E-state index in [-0.39, 0.29) is 3.92 Å². The summed E-state index contributed by atoms with van der Waals surface area (Å²) < 4.78 is 21.3. The molecular weight excluding hydrogens is 298 g/mol. The summed E-state index contributed by atoms with van der Waals surface area (Å²) in [5.41, 5.74) is 0. The Morgan fingerprint density at radius 2 is 2.09 bits per heavy atom. The molecule has 0 aliphatic heterocycles. The molecule has 1 aliphatic carbocycles. The molecule has 2 nitrogen and oxygen atoms in total. The van der Waals surface area contributed by atoms with Gasteiger partial charge < -0.3 is 0 Å². The van der Waals surface area contributed by atoms with E-state index in [9.17, 15) is 8.42 Å². The third kappa shape index (κ3) is 1.58. The summed E-state index contributed by atoms with van der Waals surface area (Å²) in [5, 5.41) is 0. The molecule has 11 heavy (non-hydrogen) atoms. The van der Waals surface area contributed by atoms with Crippen molar-refractivity contribution in [2.45, 2.75) is 21.5 Å². The van der Waals surface area contributed by atoms with Crippen molar-refractivity contribution in [1.82, 2.24) is 0 Å². The first-order chi connectivity index (χ1) is 4.94. The Labute approximate surface area is 84.6 Å². The van der Waals surface area contributed by atoms with Crippen LogP contribution in [0.5, 0.6) is 0 Å².